The number of alkyl halides is 1. The van der Waals surface area contributed by atoms with E-state index in [1.165, 1.54) is 0 Å². The van der Waals surface area contributed by atoms with Crippen molar-refractivity contribution in [1.82, 2.24) is 0 Å². The molecule has 0 aliphatic rings. The zero-order chi connectivity index (χ0) is 12.3. The van der Waals surface area contributed by atoms with Gasteiger partial charge in [0.1, 0.15) is 0 Å². The summed E-state index contributed by atoms with van der Waals surface area (Å²) in [6.07, 6.45) is -0.0869. The summed E-state index contributed by atoms with van der Waals surface area (Å²) in [6, 6.07) is 4.99. The minimum absolute atomic E-state index is 0.0621. The number of carboxylic acid groups (broad SMARTS) is 1. The van der Waals surface area contributed by atoms with E-state index >= 15 is 0 Å². The van der Waals surface area contributed by atoms with Crippen molar-refractivity contribution in [3.8, 4) is 0 Å². The fourth-order valence-electron chi connectivity index (χ4n) is 1.30. The summed E-state index contributed by atoms with van der Waals surface area (Å²) in [6.45, 7) is 1.74. The lowest BCUT2D eigenvalue weighted by Gasteiger charge is -2.06. The number of carbonyl (C=O) groups is 2. The molecule has 0 aromatic heterocycles. The smallest absolute Gasteiger partial charge is 0.307 e. The topological polar surface area (TPSA) is 54.4 Å². The van der Waals surface area contributed by atoms with Crippen molar-refractivity contribution in [2.24, 2.45) is 0 Å². The lowest BCUT2D eigenvalue weighted by atomic mass is 10.0. The fourth-order valence-corrected chi connectivity index (χ4v) is 2.10. The summed E-state index contributed by atoms with van der Waals surface area (Å²) in [4.78, 5) is 22.0. The van der Waals surface area contributed by atoms with Gasteiger partial charge in [-0.25, -0.2) is 0 Å². The molecule has 1 rings (SSSR count). The van der Waals surface area contributed by atoms with Crippen LogP contribution < -0.4 is 0 Å². The number of benzene rings is 1. The molecule has 1 atom stereocenters. The summed E-state index contributed by atoms with van der Waals surface area (Å²) < 4.78 is 0.711. The summed E-state index contributed by atoms with van der Waals surface area (Å²) in [7, 11) is 0. The van der Waals surface area contributed by atoms with E-state index in [4.69, 9.17) is 5.11 Å². The lowest BCUT2D eigenvalue weighted by Crippen LogP contribution is -2.11. The molecule has 0 bridgehead atoms. The first-order chi connectivity index (χ1) is 7.40. The molecule has 0 aliphatic carbocycles. The molecule has 0 saturated carbocycles. The van der Waals surface area contributed by atoms with E-state index < -0.39 is 5.97 Å². The quantitative estimate of drug-likeness (QED) is 0.671. The highest BCUT2D eigenvalue weighted by molar-refractivity contribution is 9.10. The number of hydrogen-bond acceptors (Lipinski definition) is 2. The van der Waals surface area contributed by atoms with Crippen LogP contribution >= 0.6 is 31.9 Å². The molecule has 1 aromatic carbocycles. The number of ketones is 1. The van der Waals surface area contributed by atoms with E-state index in [2.05, 4.69) is 31.9 Å². The maximum atomic E-state index is 11.7. The molecule has 3 nitrogen and oxygen atoms in total. The van der Waals surface area contributed by atoms with Gasteiger partial charge in [-0.15, -0.1) is 0 Å². The Morgan fingerprint density at radius 2 is 2.00 bits per heavy atom. The van der Waals surface area contributed by atoms with Crippen molar-refractivity contribution >= 4 is 43.6 Å². The minimum atomic E-state index is -0.914. The third-order valence-electron chi connectivity index (χ3n) is 1.96. The molecule has 0 radical (unpaired) electrons. The molecule has 1 unspecified atom stereocenters. The van der Waals surface area contributed by atoms with E-state index in [-0.39, 0.29) is 17.0 Å². The first-order valence-electron chi connectivity index (χ1n) is 4.59. The summed E-state index contributed by atoms with van der Waals surface area (Å²) in [5.41, 5.74) is 1.12. The van der Waals surface area contributed by atoms with Gasteiger partial charge in [0.15, 0.2) is 5.78 Å². The van der Waals surface area contributed by atoms with Gasteiger partial charge in [0.2, 0.25) is 0 Å². The van der Waals surface area contributed by atoms with Crippen molar-refractivity contribution in [3.63, 3.8) is 0 Å². The van der Waals surface area contributed by atoms with Crippen LogP contribution in [0.25, 0.3) is 0 Å². The number of aliphatic carboxylic acids is 1. The molecule has 0 saturated heterocycles. The van der Waals surface area contributed by atoms with Crippen LogP contribution in [0.4, 0.5) is 0 Å². The van der Waals surface area contributed by atoms with E-state index in [1.807, 2.05) is 0 Å². The van der Waals surface area contributed by atoms with Crippen LogP contribution in [0, 0.1) is 0 Å². The number of carbonyl (C=O) groups excluding carboxylic acids is 1. The largest absolute Gasteiger partial charge is 0.481 e. The summed E-state index contributed by atoms with van der Waals surface area (Å²) >= 11 is 6.46. The summed E-state index contributed by atoms with van der Waals surface area (Å²) in [5, 5.41) is 8.69. The zero-order valence-corrected chi connectivity index (χ0v) is 11.7. The Bertz CT molecular complexity index is 427. The Balaban J connectivity index is 3.07. The molecule has 16 heavy (non-hydrogen) atoms. The highest BCUT2D eigenvalue weighted by Gasteiger charge is 2.14. The van der Waals surface area contributed by atoms with Gasteiger partial charge < -0.3 is 5.11 Å². The third kappa shape index (κ3) is 3.72. The predicted octanol–water partition coefficient (Wildman–Crippen LogP) is 3.04. The van der Waals surface area contributed by atoms with Crippen molar-refractivity contribution in [2.75, 3.05) is 0 Å². The van der Waals surface area contributed by atoms with Crippen LogP contribution in [0.1, 0.15) is 22.8 Å². The Morgan fingerprint density at radius 3 is 2.50 bits per heavy atom. The van der Waals surface area contributed by atoms with Crippen molar-refractivity contribution in [2.45, 2.75) is 18.2 Å². The molecule has 0 heterocycles. The van der Waals surface area contributed by atoms with Crippen LogP contribution in [0.2, 0.25) is 0 Å². The average molecular weight is 350 g/mol. The number of rotatable bonds is 4. The monoisotopic (exact) mass is 348 g/mol. The highest BCUT2D eigenvalue weighted by atomic mass is 79.9. The molecule has 1 aromatic rings. The molecule has 1 N–H and O–H groups in total. The van der Waals surface area contributed by atoms with Crippen LogP contribution in [0.15, 0.2) is 22.7 Å². The van der Waals surface area contributed by atoms with E-state index in [0.717, 1.165) is 0 Å². The predicted molar refractivity (Wildman–Crippen MR) is 68.2 cm³/mol. The molecule has 86 valence electrons. The fraction of sp³-hybridized carbons (Fsp3) is 0.273. The Hall–Kier alpha value is -0.680. The van der Waals surface area contributed by atoms with Gasteiger partial charge >= 0.3 is 5.97 Å². The highest BCUT2D eigenvalue weighted by Crippen LogP contribution is 2.19. The van der Waals surface area contributed by atoms with Crippen molar-refractivity contribution in [1.29, 1.82) is 0 Å². The average Bonchev–Trinajstić information content (AvgIpc) is 2.14. The Labute approximate surface area is 110 Å². The molecule has 0 aliphatic heterocycles. The van der Waals surface area contributed by atoms with Crippen LogP contribution in [-0.4, -0.2) is 21.7 Å². The van der Waals surface area contributed by atoms with Crippen LogP contribution in [-0.2, 0) is 11.2 Å². The van der Waals surface area contributed by atoms with E-state index in [1.54, 1.807) is 25.1 Å². The number of carboxylic acids is 1. The maximum absolute atomic E-state index is 11.7. The second kappa shape index (κ2) is 5.59. The number of Topliss-reactive ketones (excluding diaryl/α,β-unsaturated/α-hetero) is 1. The molecule has 0 spiro atoms. The molecule has 5 heteroatoms. The van der Waals surface area contributed by atoms with Gasteiger partial charge in [-0.2, -0.15) is 0 Å². The van der Waals surface area contributed by atoms with Gasteiger partial charge in [0.05, 0.1) is 11.2 Å². The van der Waals surface area contributed by atoms with Gasteiger partial charge in [-0.1, -0.05) is 31.9 Å². The molecular formula is C11H10Br2O3. The van der Waals surface area contributed by atoms with Gasteiger partial charge in [-0.3, -0.25) is 9.59 Å². The van der Waals surface area contributed by atoms with Crippen molar-refractivity contribution < 1.29 is 14.7 Å². The SMILES string of the molecule is CC(Br)C(=O)c1cc(Br)cc(CC(=O)O)c1. The Kier molecular flexibility index (Phi) is 4.68. The summed E-state index contributed by atoms with van der Waals surface area (Å²) in [5.74, 6) is -0.976. The van der Waals surface area contributed by atoms with Crippen molar-refractivity contribution in [3.05, 3.63) is 33.8 Å². The second-order valence-electron chi connectivity index (χ2n) is 3.40. The van der Waals surface area contributed by atoms with Gasteiger partial charge in [0, 0.05) is 10.0 Å². The van der Waals surface area contributed by atoms with Crippen LogP contribution in [0.3, 0.4) is 0 Å². The molecule has 0 amide bonds. The maximum Gasteiger partial charge on any atom is 0.307 e. The number of hydrogen-bond donors (Lipinski definition) is 1. The minimum Gasteiger partial charge on any atom is -0.481 e. The zero-order valence-electron chi connectivity index (χ0n) is 8.54. The normalized spacial score (nSPS) is 12.2. The standard InChI is InChI=1S/C11H10Br2O3/c1-6(12)11(16)8-2-7(4-10(14)15)3-9(13)5-8/h2-3,5-6H,4H2,1H3,(H,14,15). The Morgan fingerprint density at radius 1 is 1.38 bits per heavy atom. The van der Waals surface area contributed by atoms with E-state index in [9.17, 15) is 9.59 Å². The van der Waals surface area contributed by atoms with Gasteiger partial charge in [-0.05, 0) is 30.7 Å². The van der Waals surface area contributed by atoms with Gasteiger partial charge in [0.25, 0.3) is 0 Å². The first kappa shape index (κ1) is 13.4. The van der Waals surface area contributed by atoms with E-state index in [0.29, 0.717) is 15.6 Å². The third-order valence-corrected chi connectivity index (χ3v) is 2.83. The molecular weight excluding hydrogens is 340 g/mol. The first-order valence-corrected chi connectivity index (χ1v) is 6.30. The number of halogens is 2. The molecule has 0 fully saturated rings. The lowest BCUT2D eigenvalue weighted by molar-refractivity contribution is -0.136. The second-order valence-corrected chi connectivity index (χ2v) is 5.69. The van der Waals surface area contributed by atoms with Crippen LogP contribution in [0.5, 0.6) is 0 Å².